The minimum absolute atomic E-state index is 0.165. The maximum absolute atomic E-state index is 13.3. The smallest absolute Gasteiger partial charge is 0.307 e. The molecule has 1 saturated heterocycles. The molecule has 0 radical (unpaired) electrons. The van der Waals surface area contributed by atoms with Gasteiger partial charge in [0.15, 0.2) is 0 Å². The third kappa shape index (κ3) is 5.72. The van der Waals surface area contributed by atoms with Crippen molar-refractivity contribution in [2.75, 3.05) is 35.4 Å². The molecule has 5 rings (SSSR count). The monoisotopic (exact) mass is 523 g/mol. The molecule has 0 spiro atoms. The molecule has 1 fully saturated rings. The number of urea groups is 1. The Labute approximate surface area is 228 Å². The molecule has 38 heavy (non-hydrogen) atoms. The van der Waals surface area contributed by atoms with Crippen molar-refractivity contribution in [2.24, 2.45) is 0 Å². The van der Waals surface area contributed by atoms with Crippen LogP contribution in [0.4, 0.5) is 16.3 Å². The first-order chi connectivity index (χ1) is 18.3. The highest BCUT2D eigenvalue weighted by Crippen LogP contribution is 2.29. The van der Waals surface area contributed by atoms with Gasteiger partial charge in [-0.15, -0.1) is 11.8 Å². The number of rotatable bonds is 4. The molecule has 0 bridgehead atoms. The first-order valence-electron chi connectivity index (χ1n) is 12.8. The predicted molar refractivity (Wildman–Crippen MR) is 159 cm³/mol. The van der Waals surface area contributed by atoms with Gasteiger partial charge >= 0.3 is 6.03 Å². The van der Waals surface area contributed by atoms with Crippen LogP contribution in [-0.2, 0) is 5.41 Å². The normalized spacial score (nSPS) is 13.8. The number of aryl methyl sites for hydroxylation is 1. The molecule has 194 valence electrons. The summed E-state index contributed by atoms with van der Waals surface area (Å²) in [5.41, 5.74) is 4.44. The van der Waals surface area contributed by atoms with Gasteiger partial charge in [-0.2, -0.15) is 5.10 Å². The lowest BCUT2D eigenvalue weighted by Gasteiger charge is -2.14. The van der Waals surface area contributed by atoms with Crippen molar-refractivity contribution in [3.05, 3.63) is 83.6 Å². The number of carbonyl (C=O) groups excluding carboxylic acids is 1. The van der Waals surface area contributed by atoms with E-state index in [1.54, 1.807) is 0 Å². The third-order valence-corrected chi connectivity index (χ3v) is 7.61. The minimum Gasteiger partial charge on any atom is -0.307 e. The van der Waals surface area contributed by atoms with Crippen LogP contribution in [0.1, 0.15) is 37.6 Å². The summed E-state index contributed by atoms with van der Waals surface area (Å²) >= 11 is 1.95. The number of nitrogens with one attached hydrogen (secondary N) is 2. The number of anilines is 2. The standard InChI is InChI=1S/C31H33N5OS/c1-22-10-5-8-14-27(22)36-29(20-28(34-36)31(2,3)4)33-30(37)32-26-16-15-23(24-12-6-7-13-25(24)26)11-9-17-35-18-19-38-21-35/h5-8,10,12-16,20H,17-19,21H2,1-4H3,(H2,32,33,37). The van der Waals surface area contributed by atoms with E-state index in [1.165, 1.54) is 5.75 Å². The largest absolute Gasteiger partial charge is 0.324 e. The van der Waals surface area contributed by atoms with Gasteiger partial charge in [-0.1, -0.05) is 75.1 Å². The molecule has 1 aliphatic heterocycles. The second kappa shape index (κ2) is 10.9. The highest BCUT2D eigenvalue weighted by Gasteiger charge is 2.22. The van der Waals surface area contributed by atoms with E-state index < -0.39 is 0 Å². The van der Waals surface area contributed by atoms with Crippen molar-refractivity contribution in [1.82, 2.24) is 14.7 Å². The predicted octanol–water partition coefficient (Wildman–Crippen LogP) is 6.63. The number of para-hydroxylation sites is 1. The maximum atomic E-state index is 13.3. The third-order valence-electron chi connectivity index (χ3n) is 6.59. The van der Waals surface area contributed by atoms with E-state index in [1.807, 2.05) is 84.0 Å². The molecular formula is C31H33N5OS. The Morgan fingerprint density at radius 2 is 1.79 bits per heavy atom. The molecule has 2 heterocycles. The second-order valence-electron chi connectivity index (χ2n) is 10.5. The number of benzene rings is 3. The van der Waals surface area contributed by atoms with Crippen LogP contribution in [-0.4, -0.2) is 45.4 Å². The average molecular weight is 524 g/mol. The zero-order valence-corrected chi connectivity index (χ0v) is 23.2. The van der Waals surface area contributed by atoms with E-state index >= 15 is 0 Å². The molecule has 2 amide bonds. The van der Waals surface area contributed by atoms with Crippen molar-refractivity contribution in [2.45, 2.75) is 33.1 Å². The van der Waals surface area contributed by atoms with E-state index in [2.05, 4.69) is 54.2 Å². The Bertz CT molecular complexity index is 1530. The molecule has 1 aromatic heterocycles. The highest BCUT2D eigenvalue weighted by molar-refractivity contribution is 7.99. The topological polar surface area (TPSA) is 62.2 Å². The maximum Gasteiger partial charge on any atom is 0.324 e. The average Bonchev–Trinajstić information content (AvgIpc) is 3.56. The van der Waals surface area contributed by atoms with Crippen LogP contribution in [0.2, 0.25) is 0 Å². The van der Waals surface area contributed by atoms with Gasteiger partial charge in [0, 0.05) is 40.6 Å². The van der Waals surface area contributed by atoms with Crippen LogP contribution in [0.25, 0.3) is 16.5 Å². The van der Waals surface area contributed by atoms with Crippen molar-refractivity contribution < 1.29 is 4.79 Å². The van der Waals surface area contributed by atoms with Crippen LogP contribution in [0, 0.1) is 18.8 Å². The highest BCUT2D eigenvalue weighted by atomic mass is 32.2. The molecule has 0 unspecified atom stereocenters. The number of amides is 2. The van der Waals surface area contributed by atoms with Crippen LogP contribution < -0.4 is 10.6 Å². The van der Waals surface area contributed by atoms with Crippen LogP contribution in [0.5, 0.6) is 0 Å². The molecule has 1 aliphatic rings. The summed E-state index contributed by atoms with van der Waals surface area (Å²) in [6.07, 6.45) is 0. The molecule has 0 aliphatic carbocycles. The fourth-order valence-electron chi connectivity index (χ4n) is 4.43. The quantitative estimate of drug-likeness (QED) is 0.295. The number of hydrogen-bond donors (Lipinski definition) is 2. The van der Waals surface area contributed by atoms with Gasteiger partial charge in [-0.3, -0.25) is 10.2 Å². The van der Waals surface area contributed by atoms with Crippen molar-refractivity contribution >= 4 is 40.1 Å². The molecule has 3 aromatic carbocycles. The van der Waals surface area contributed by atoms with E-state index in [-0.39, 0.29) is 11.4 Å². The first kappa shape index (κ1) is 25.9. The molecule has 7 heteroatoms. The summed E-state index contributed by atoms with van der Waals surface area (Å²) in [7, 11) is 0. The summed E-state index contributed by atoms with van der Waals surface area (Å²) in [6, 6.07) is 21.6. The summed E-state index contributed by atoms with van der Waals surface area (Å²) in [5, 5.41) is 12.9. The molecule has 4 aromatic rings. The van der Waals surface area contributed by atoms with E-state index in [9.17, 15) is 4.79 Å². The van der Waals surface area contributed by atoms with E-state index in [4.69, 9.17) is 5.10 Å². The number of hydrogen-bond acceptors (Lipinski definition) is 4. The van der Waals surface area contributed by atoms with Gasteiger partial charge in [0.1, 0.15) is 5.82 Å². The first-order valence-corrected chi connectivity index (χ1v) is 14.0. The Hall–Kier alpha value is -3.73. The Kier molecular flexibility index (Phi) is 7.46. The summed E-state index contributed by atoms with van der Waals surface area (Å²) in [5.74, 6) is 9.51. The molecule has 0 atom stereocenters. The molecule has 0 saturated carbocycles. The van der Waals surface area contributed by atoms with Gasteiger partial charge in [-0.25, -0.2) is 9.48 Å². The fourth-order valence-corrected chi connectivity index (χ4v) is 5.43. The van der Waals surface area contributed by atoms with Gasteiger partial charge in [-0.05, 0) is 36.1 Å². The van der Waals surface area contributed by atoms with Crippen molar-refractivity contribution in [1.29, 1.82) is 0 Å². The van der Waals surface area contributed by atoms with Gasteiger partial charge in [0.25, 0.3) is 0 Å². The summed E-state index contributed by atoms with van der Waals surface area (Å²) in [4.78, 5) is 15.6. The van der Waals surface area contributed by atoms with Gasteiger partial charge in [0.05, 0.1) is 23.6 Å². The SMILES string of the molecule is Cc1ccccc1-n1nc(C(C)(C)C)cc1NC(=O)Nc1ccc(C#CCN2CCSC2)c2ccccc12. The Morgan fingerprint density at radius 3 is 2.53 bits per heavy atom. The molecule has 6 nitrogen and oxygen atoms in total. The van der Waals surface area contributed by atoms with Gasteiger partial charge < -0.3 is 5.32 Å². The summed E-state index contributed by atoms with van der Waals surface area (Å²) < 4.78 is 1.81. The van der Waals surface area contributed by atoms with Crippen LogP contribution in [0.3, 0.4) is 0 Å². The Morgan fingerprint density at radius 1 is 1.03 bits per heavy atom. The summed E-state index contributed by atoms with van der Waals surface area (Å²) in [6.45, 7) is 10.2. The van der Waals surface area contributed by atoms with Crippen molar-refractivity contribution in [3.63, 3.8) is 0 Å². The lowest BCUT2D eigenvalue weighted by molar-refractivity contribution is 0.262. The zero-order chi connectivity index (χ0) is 26.7. The number of fused-ring (bicyclic) bond motifs is 1. The van der Waals surface area contributed by atoms with Crippen LogP contribution >= 0.6 is 11.8 Å². The van der Waals surface area contributed by atoms with E-state index in [0.717, 1.165) is 57.9 Å². The number of nitrogens with zero attached hydrogens (tertiary/aromatic N) is 3. The fraction of sp³-hybridized carbons (Fsp3) is 0.290. The lowest BCUT2D eigenvalue weighted by Crippen LogP contribution is -2.21. The molecule has 2 N–H and O–H groups in total. The lowest BCUT2D eigenvalue weighted by atomic mass is 9.92. The zero-order valence-electron chi connectivity index (χ0n) is 22.3. The number of thioether (sulfide) groups is 1. The second-order valence-corrected chi connectivity index (χ2v) is 11.6. The number of carbonyl (C=O) groups is 1. The minimum atomic E-state index is -0.323. The van der Waals surface area contributed by atoms with E-state index in [0.29, 0.717) is 5.82 Å². The Balaban J connectivity index is 1.40. The van der Waals surface area contributed by atoms with Crippen molar-refractivity contribution in [3.8, 4) is 17.5 Å². The number of aromatic nitrogens is 2. The van der Waals surface area contributed by atoms with Crippen LogP contribution in [0.15, 0.2) is 66.7 Å². The van der Waals surface area contributed by atoms with Gasteiger partial charge in [0.2, 0.25) is 0 Å². The molecular weight excluding hydrogens is 490 g/mol.